The number of hydrogen-bond donors (Lipinski definition) is 1. The average Bonchev–Trinajstić information content (AvgIpc) is 2.36. The molecule has 0 aromatic carbocycles. The van der Waals surface area contributed by atoms with Gasteiger partial charge in [-0.1, -0.05) is 26.7 Å². The summed E-state index contributed by atoms with van der Waals surface area (Å²) in [5, 5.41) is 3.61. The molecule has 1 fully saturated rings. The molecule has 0 amide bonds. The Kier molecular flexibility index (Phi) is 7.25. The van der Waals surface area contributed by atoms with Gasteiger partial charge in [0.2, 0.25) is 0 Å². The van der Waals surface area contributed by atoms with Crippen LogP contribution in [0.4, 0.5) is 0 Å². The summed E-state index contributed by atoms with van der Waals surface area (Å²) in [6.45, 7) is 10.5. The average molecular weight is 254 g/mol. The molecule has 4 unspecified atom stereocenters. The Labute approximate surface area is 115 Å². The molecule has 4 atom stereocenters. The van der Waals surface area contributed by atoms with Crippen molar-refractivity contribution >= 4 is 0 Å². The molecule has 1 aliphatic rings. The fourth-order valence-electron chi connectivity index (χ4n) is 3.38. The van der Waals surface area contributed by atoms with Gasteiger partial charge in [-0.2, -0.15) is 0 Å². The maximum Gasteiger partial charge on any atom is 0.0121 e. The van der Waals surface area contributed by atoms with Crippen LogP contribution >= 0.6 is 0 Å². The van der Waals surface area contributed by atoms with Crippen molar-refractivity contribution < 1.29 is 0 Å². The van der Waals surface area contributed by atoms with E-state index >= 15 is 0 Å². The molecule has 0 bridgehead atoms. The third-order valence-electron chi connectivity index (χ3n) is 4.72. The highest BCUT2D eigenvalue weighted by Crippen LogP contribution is 2.29. The standard InChI is InChI=1S/C16H34N2/c1-6-11-17-14(3)12-15(4)18(5)16-10-8-7-9-13(16)2/h13-17H,6-12H2,1-5H3. The molecule has 1 aliphatic carbocycles. The van der Waals surface area contributed by atoms with Crippen molar-refractivity contribution in [3.63, 3.8) is 0 Å². The van der Waals surface area contributed by atoms with Gasteiger partial charge in [-0.3, -0.25) is 0 Å². The van der Waals surface area contributed by atoms with E-state index in [2.05, 4.69) is 45.0 Å². The first-order chi connectivity index (χ1) is 8.56. The topological polar surface area (TPSA) is 15.3 Å². The predicted molar refractivity (Wildman–Crippen MR) is 81.0 cm³/mol. The second kappa shape index (κ2) is 8.16. The van der Waals surface area contributed by atoms with Crippen molar-refractivity contribution in [1.82, 2.24) is 10.2 Å². The molecule has 2 heteroatoms. The van der Waals surface area contributed by atoms with Crippen LogP contribution in [0.15, 0.2) is 0 Å². The van der Waals surface area contributed by atoms with E-state index in [1.165, 1.54) is 38.5 Å². The Morgan fingerprint density at radius 1 is 1.22 bits per heavy atom. The normalized spacial score (nSPS) is 28.3. The number of rotatable bonds is 7. The fraction of sp³-hybridized carbons (Fsp3) is 1.00. The van der Waals surface area contributed by atoms with Crippen LogP contribution in [0.5, 0.6) is 0 Å². The molecule has 1 rings (SSSR count). The highest BCUT2D eigenvalue weighted by molar-refractivity contribution is 4.83. The summed E-state index contributed by atoms with van der Waals surface area (Å²) >= 11 is 0. The maximum atomic E-state index is 3.61. The van der Waals surface area contributed by atoms with Crippen LogP contribution in [0.25, 0.3) is 0 Å². The molecule has 1 N–H and O–H groups in total. The summed E-state index contributed by atoms with van der Waals surface area (Å²) in [6, 6.07) is 2.14. The first-order valence-electron chi connectivity index (χ1n) is 8.01. The van der Waals surface area contributed by atoms with Crippen LogP contribution in [0.1, 0.15) is 66.2 Å². The van der Waals surface area contributed by atoms with Crippen LogP contribution in [-0.4, -0.2) is 36.6 Å². The lowest BCUT2D eigenvalue weighted by Gasteiger charge is -2.40. The van der Waals surface area contributed by atoms with Gasteiger partial charge in [0, 0.05) is 18.1 Å². The Morgan fingerprint density at radius 3 is 2.50 bits per heavy atom. The largest absolute Gasteiger partial charge is 0.314 e. The van der Waals surface area contributed by atoms with E-state index in [9.17, 15) is 0 Å². The van der Waals surface area contributed by atoms with Gasteiger partial charge < -0.3 is 10.2 Å². The van der Waals surface area contributed by atoms with Crippen LogP contribution in [0.3, 0.4) is 0 Å². The second-order valence-corrected chi connectivity index (χ2v) is 6.43. The molecule has 0 aromatic rings. The van der Waals surface area contributed by atoms with Crippen molar-refractivity contribution in [3.8, 4) is 0 Å². The molecule has 0 saturated heterocycles. The third-order valence-corrected chi connectivity index (χ3v) is 4.72. The third kappa shape index (κ3) is 4.89. The first kappa shape index (κ1) is 16.0. The molecule has 2 nitrogen and oxygen atoms in total. The van der Waals surface area contributed by atoms with E-state index in [1.54, 1.807) is 0 Å². The molecule has 0 aromatic heterocycles. The lowest BCUT2D eigenvalue weighted by atomic mass is 9.84. The molecular weight excluding hydrogens is 220 g/mol. The van der Waals surface area contributed by atoms with Crippen LogP contribution < -0.4 is 5.32 Å². The number of hydrogen-bond acceptors (Lipinski definition) is 2. The molecule has 108 valence electrons. The Morgan fingerprint density at radius 2 is 1.89 bits per heavy atom. The zero-order chi connectivity index (χ0) is 13.5. The Balaban J connectivity index is 2.37. The van der Waals surface area contributed by atoms with Gasteiger partial charge in [0.1, 0.15) is 0 Å². The van der Waals surface area contributed by atoms with Gasteiger partial charge in [-0.05, 0) is 59.0 Å². The lowest BCUT2D eigenvalue weighted by Crippen LogP contribution is -2.46. The van der Waals surface area contributed by atoms with E-state index in [0.717, 1.165) is 18.5 Å². The quantitative estimate of drug-likeness (QED) is 0.746. The summed E-state index contributed by atoms with van der Waals surface area (Å²) in [5.41, 5.74) is 0. The smallest absolute Gasteiger partial charge is 0.0121 e. The van der Waals surface area contributed by atoms with E-state index in [-0.39, 0.29) is 0 Å². The molecular formula is C16H34N2. The van der Waals surface area contributed by atoms with Gasteiger partial charge in [0.05, 0.1) is 0 Å². The highest BCUT2D eigenvalue weighted by Gasteiger charge is 2.27. The van der Waals surface area contributed by atoms with E-state index in [4.69, 9.17) is 0 Å². The minimum absolute atomic E-state index is 0.640. The minimum Gasteiger partial charge on any atom is -0.314 e. The van der Waals surface area contributed by atoms with Crippen molar-refractivity contribution in [3.05, 3.63) is 0 Å². The van der Waals surface area contributed by atoms with Crippen molar-refractivity contribution in [2.75, 3.05) is 13.6 Å². The molecule has 0 radical (unpaired) electrons. The van der Waals surface area contributed by atoms with E-state index in [1.807, 2.05) is 0 Å². The molecule has 0 heterocycles. The van der Waals surface area contributed by atoms with Gasteiger partial charge in [-0.15, -0.1) is 0 Å². The van der Waals surface area contributed by atoms with Crippen molar-refractivity contribution in [1.29, 1.82) is 0 Å². The molecule has 18 heavy (non-hydrogen) atoms. The highest BCUT2D eigenvalue weighted by atomic mass is 15.2. The molecule has 0 aliphatic heterocycles. The molecule has 1 saturated carbocycles. The lowest BCUT2D eigenvalue weighted by molar-refractivity contribution is 0.0952. The van der Waals surface area contributed by atoms with Crippen LogP contribution in [0, 0.1) is 5.92 Å². The van der Waals surface area contributed by atoms with Crippen molar-refractivity contribution in [2.24, 2.45) is 5.92 Å². The monoisotopic (exact) mass is 254 g/mol. The maximum absolute atomic E-state index is 3.61. The Bertz CT molecular complexity index is 217. The molecule has 0 spiro atoms. The van der Waals surface area contributed by atoms with Gasteiger partial charge in [-0.25, -0.2) is 0 Å². The fourth-order valence-corrected chi connectivity index (χ4v) is 3.38. The number of nitrogens with one attached hydrogen (secondary N) is 1. The predicted octanol–water partition coefficient (Wildman–Crippen LogP) is 3.66. The zero-order valence-electron chi connectivity index (χ0n) is 13.2. The number of nitrogens with zero attached hydrogens (tertiary/aromatic N) is 1. The van der Waals surface area contributed by atoms with Gasteiger partial charge in [0.25, 0.3) is 0 Å². The summed E-state index contributed by atoms with van der Waals surface area (Å²) in [6.07, 6.45) is 8.18. The first-order valence-corrected chi connectivity index (χ1v) is 8.01. The Hall–Kier alpha value is -0.0800. The van der Waals surface area contributed by atoms with Gasteiger partial charge >= 0.3 is 0 Å². The SMILES string of the molecule is CCCNC(C)CC(C)N(C)C1CCCCC1C. The van der Waals surface area contributed by atoms with Crippen LogP contribution in [-0.2, 0) is 0 Å². The summed E-state index contributed by atoms with van der Waals surface area (Å²) in [5.74, 6) is 0.880. The van der Waals surface area contributed by atoms with Crippen LogP contribution in [0.2, 0.25) is 0 Å². The summed E-state index contributed by atoms with van der Waals surface area (Å²) in [7, 11) is 2.34. The van der Waals surface area contributed by atoms with Gasteiger partial charge in [0.15, 0.2) is 0 Å². The summed E-state index contributed by atoms with van der Waals surface area (Å²) < 4.78 is 0. The van der Waals surface area contributed by atoms with Crippen molar-refractivity contribution in [2.45, 2.75) is 84.3 Å². The minimum atomic E-state index is 0.640. The zero-order valence-corrected chi connectivity index (χ0v) is 13.2. The van der Waals surface area contributed by atoms with E-state index < -0.39 is 0 Å². The van der Waals surface area contributed by atoms with E-state index in [0.29, 0.717) is 12.1 Å². The second-order valence-electron chi connectivity index (χ2n) is 6.43. The summed E-state index contributed by atoms with van der Waals surface area (Å²) in [4.78, 5) is 2.65.